The number of benzene rings is 3. The van der Waals surface area contributed by atoms with Crippen molar-refractivity contribution >= 4 is 11.7 Å². The van der Waals surface area contributed by atoms with E-state index >= 15 is 0 Å². The van der Waals surface area contributed by atoms with Crippen molar-refractivity contribution in [3.8, 4) is 5.75 Å². The Hall–Kier alpha value is -3.40. The first-order chi connectivity index (χ1) is 14.7. The number of carbonyl (C=O) groups excluding carboxylic acids is 1. The second kappa shape index (κ2) is 8.95. The summed E-state index contributed by atoms with van der Waals surface area (Å²) in [4.78, 5) is 17.3. The minimum Gasteiger partial charge on any atom is -0.426 e. The van der Waals surface area contributed by atoms with E-state index in [1.54, 1.807) is 0 Å². The zero-order valence-electron chi connectivity index (χ0n) is 17.4. The quantitative estimate of drug-likeness (QED) is 0.271. The van der Waals surface area contributed by atoms with E-state index in [4.69, 9.17) is 9.57 Å². The number of rotatable bonds is 4. The lowest BCUT2D eigenvalue weighted by molar-refractivity contribution is -0.131. The van der Waals surface area contributed by atoms with Crippen LogP contribution >= 0.6 is 0 Å². The molecule has 0 aromatic heterocycles. The molecule has 4 heteroatoms. The van der Waals surface area contributed by atoms with Crippen molar-refractivity contribution in [1.82, 2.24) is 0 Å². The van der Waals surface area contributed by atoms with E-state index in [-0.39, 0.29) is 5.97 Å². The number of ether oxygens (including phenoxy) is 1. The number of hydrogen-bond donors (Lipinski definition) is 0. The van der Waals surface area contributed by atoms with Gasteiger partial charge in [-0.05, 0) is 47.9 Å². The Morgan fingerprint density at radius 3 is 2.00 bits per heavy atom. The monoisotopic (exact) mass is 399 g/mol. The van der Waals surface area contributed by atoms with Gasteiger partial charge in [-0.15, -0.1) is 0 Å². The van der Waals surface area contributed by atoms with Crippen molar-refractivity contribution in [3.63, 3.8) is 0 Å². The first-order valence-electron chi connectivity index (χ1n) is 10.2. The zero-order valence-corrected chi connectivity index (χ0v) is 17.4. The number of carbonyl (C=O) groups is 1. The van der Waals surface area contributed by atoms with Crippen molar-refractivity contribution in [2.75, 3.05) is 7.11 Å². The Morgan fingerprint density at radius 2 is 1.40 bits per heavy atom. The molecule has 0 fully saturated rings. The van der Waals surface area contributed by atoms with Gasteiger partial charge < -0.3 is 9.57 Å². The van der Waals surface area contributed by atoms with Crippen molar-refractivity contribution < 1.29 is 14.4 Å². The molecule has 0 amide bonds. The minimum atomic E-state index is -0.338. The van der Waals surface area contributed by atoms with E-state index in [9.17, 15) is 4.79 Å². The number of esters is 1. The maximum atomic E-state index is 12.0. The fourth-order valence-corrected chi connectivity index (χ4v) is 3.95. The van der Waals surface area contributed by atoms with Gasteiger partial charge >= 0.3 is 5.97 Å². The normalized spacial score (nSPS) is 13.5. The van der Waals surface area contributed by atoms with Crippen LogP contribution < -0.4 is 4.74 Å². The molecular formula is C26H25NO3. The summed E-state index contributed by atoms with van der Waals surface area (Å²) in [7, 11) is 1.54. The second-order valence-corrected chi connectivity index (χ2v) is 7.49. The molecule has 4 aliphatic carbocycles. The summed E-state index contributed by atoms with van der Waals surface area (Å²) in [5.41, 5.74) is 7.07. The molecule has 4 aliphatic rings. The van der Waals surface area contributed by atoms with E-state index < -0.39 is 0 Å². The zero-order chi connectivity index (χ0) is 20.9. The van der Waals surface area contributed by atoms with E-state index in [0.29, 0.717) is 11.5 Å². The molecule has 0 atom stereocenters. The molecule has 152 valence electrons. The predicted octanol–water partition coefficient (Wildman–Crippen LogP) is 4.89. The van der Waals surface area contributed by atoms with E-state index in [2.05, 4.69) is 41.6 Å². The molecule has 0 N–H and O–H groups in total. The fraction of sp³-hybridized carbons (Fsp3) is 0.231. The summed E-state index contributed by atoms with van der Waals surface area (Å²) in [6, 6.07) is 22.9. The van der Waals surface area contributed by atoms with E-state index in [1.807, 2.05) is 30.3 Å². The number of hydrogen-bond acceptors (Lipinski definition) is 4. The van der Waals surface area contributed by atoms with Gasteiger partial charge in [0.2, 0.25) is 0 Å². The third-order valence-electron chi connectivity index (χ3n) is 5.43. The highest BCUT2D eigenvalue weighted by atomic mass is 16.6. The molecule has 0 spiro atoms. The summed E-state index contributed by atoms with van der Waals surface area (Å²) in [5.74, 6) is 0.254. The van der Waals surface area contributed by atoms with E-state index in [0.717, 1.165) is 47.9 Å². The van der Waals surface area contributed by atoms with Crippen molar-refractivity contribution in [2.24, 2.45) is 5.16 Å². The Balaban J connectivity index is 1.93. The molecule has 3 aromatic carbocycles. The van der Waals surface area contributed by atoms with Crippen LogP contribution in [0.3, 0.4) is 0 Å². The smallest absolute Gasteiger partial charge is 0.308 e. The van der Waals surface area contributed by atoms with Gasteiger partial charge in [-0.2, -0.15) is 0 Å². The SMILES string of the molecule is CO/N=C(\c1ccccc1)c1c2ccc(c1OC(C)=O)CCc1ccc(cc1)CC2. The first-order valence-corrected chi connectivity index (χ1v) is 10.2. The molecule has 4 bridgehead atoms. The van der Waals surface area contributed by atoms with Crippen LogP contribution in [0.4, 0.5) is 0 Å². The van der Waals surface area contributed by atoms with Crippen LogP contribution in [0.1, 0.15) is 40.3 Å². The van der Waals surface area contributed by atoms with Gasteiger partial charge in [0.05, 0.1) is 5.56 Å². The Labute approximate surface area is 177 Å². The molecule has 0 unspecified atom stereocenters. The standard InChI is InChI=1S/C26H25NO3/c1-18(28)30-26-23-15-13-20-10-8-19(9-11-20)12-14-21(16-17-23)24(26)25(27-29-2)22-6-4-3-5-7-22/h3-11,16-17H,12-15H2,1-2H3/b27-25+. The van der Waals surface area contributed by atoms with Gasteiger partial charge in [-0.3, -0.25) is 4.79 Å². The summed E-state index contributed by atoms with van der Waals surface area (Å²) >= 11 is 0. The highest BCUT2D eigenvalue weighted by molar-refractivity contribution is 6.15. The van der Waals surface area contributed by atoms with Crippen LogP contribution in [0.5, 0.6) is 5.75 Å². The molecule has 0 aliphatic heterocycles. The summed E-state index contributed by atoms with van der Waals surface area (Å²) < 4.78 is 5.81. The molecule has 0 heterocycles. The molecule has 0 saturated carbocycles. The molecule has 0 saturated heterocycles. The summed E-state index contributed by atoms with van der Waals surface area (Å²) in [6.07, 6.45) is 3.33. The van der Waals surface area contributed by atoms with Crippen LogP contribution in [0, 0.1) is 0 Å². The topological polar surface area (TPSA) is 47.9 Å². The molecule has 3 aromatic rings. The number of aryl methyl sites for hydroxylation is 4. The minimum absolute atomic E-state index is 0.338. The molecular weight excluding hydrogens is 374 g/mol. The lowest BCUT2D eigenvalue weighted by atomic mass is 9.88. The van der Waals surface area contributed by atoms with E-state index in [1.165, 1.54) is 25.2 Å². The second-order valence-electron chi connectivity index (χ2n) is 7.49. The van der Waals surface area contributed by atoms with Crippen LogP contribution in [-0.2, 0) is 35.3 Å². The summed E-state index contributed by atoms with van der Waals surface area (Å²) in [5, 5.41) is 4.37. The molecule has 7 rings (SSSR count). The number of nitrogens with zero attached hydrogens (tertiary/aromatic N) is 1. The predicted molar refractivity (Wildman–Crippen MR) is 118 cm³/mol. The lowest BCUT2D eigenvalue weighted by Crippen LogP contribution is -2.16. The average molecular weight is 399 g/mol. The summed E-state index contributed by atoms with van der Waals surface area (Å²) in [6.45, 7) is 1.44. The van der Waals surface area contributed by atoms with Gasteiger partial charge in [-0.1, -0.05) is 71.9 Å². The van der Waals surface area contributed by atoms with Gasteiger partial charge in [0, 0.05) is 12.5 Å². The van der Waals surface area contributed by atoms with Crippen molar-refractivity contribution in [3.05, 3.63) is 100 Å². The van der Waals surface area contributed by atoms with Gasteiger partial charge in [0.1, 0.15) is 18.6 Å². The van der Waals surface area contributed by atoms with Crippen LogP contribution in [0.2, 0.25) is 0 Å². The average Bonchev–Trinajstić information content (AvgIpc) is 2.75. The van der Waals surface area contributed by atoms with Crippen molar-refractivity contribution in [1.29, 1.82) is 0 Å². The molecule has 30 heavy (non-hydrogen) atoms. The third kappa shape index (κ3) is 4.28. The van der Waals surface area contributed by atoms with Gasteiger partial charge in [-0.25, -0.2) is 0 Å². The molecule has 0 radical (unpaired) electrons. The maximum absolute atomic E-state index is 12.0. The molecule has 4 nitrogen and oxygen atoms in total. The van der Waals surface area contributed by atoms with Crippen LogP contribution in [0.15, 0.2) is 71.9 Å². The fourth-order valence-electron chi connectivity index (χ4n) is 3.95. The Kier molecular flexibility index (Phi) is 5.94. The Bertz CT molecular complexity index is 1070. The van der Waals surface area contributed by atoms with Gasteiger partial charge in [0.15, 0.2) is 0 Å². The van der Waals surface area contributed by atoms with Gasteiger partial charge in [0.25, 0.3) is 0 Å². The Morgan fingerprint density at radius 1 is 0.800 bits per heavy atom. The maximum Gasteiger partial charge on any atom is 0.308 e. The highest BCUT2D eigenvalue weighted by Gasteiger charge is 2.23. The highest BCUT2D eigenvalue weighted by Crippen LogP contribution is 2.33. The van der Waals surface area contributed by atoms with Crippen LogP contribution in [0.25, 0.3) is 0 Å². The third-order valence-corrected chi connectivity index (χ3v) is 5.43. The number of oxime groups is 1. The first kappa shape index (κ1) is 19.9. The lowest BCUT2D eigenvalue weighted by Gasteiger charge is -2.20. The van der Waals surface area contributed by atoms with Crippen molar-refractivity contribution in [2.45, 2.75) is 32.6 Å². The largest absolute Gasteiger partial charge is 0.426 e. The van der Waals surface area contributed by atoms with Crippen LogP contribution in [-0.4, -0.2) is 18.8 Å².